The summed E-state index contributed by atoms with van der Waals surface area (Å²) in [5.74, 6) is 1.50. The van der Waals surface area contributed by atoms with Crippen LogP contribution >= 0.6 is 0 Å². The Hall–Kier alpha value is -2.56. The molecule has 1 aliphatic carbocycles. The molecular formula is C19H23N3O2. The lowest BCUT2D eigenvalue weighted by Gasteiger charge is -2.08. The molecule has 0 spiro atoms. The standard InChI is InChI=1S/C19H23N3O2/c1-24-17-7-2-14(3-8-17)10-11-20-19(23)22-13-15-4-9-18(21-12-15)16-5-6-16/h2-4,7-9,12,16H,5-6,10-11,13H2,1H3,(H2,20,22,23). The monoisotopic (exact) mass is 325 g/mol. The van der Waals surface area contributed by atoms with Gasteiger partial charge in [-0.3, -0.25) is 4.98 Å². The molecule has 24 heavy (non-hydrogen) atoms. The molecule has 0 bridgehead atoms. The minimum Gasteiger partial charge on any atom is -0.497 e. The Balaban J connectivity index is 1.35. The Morgan fingerprint density at radius 3 is 2.50 bits per heavy atom. The number of pyridine rings is 1. The largest absolute Gasteiger partial charge is 0.497 e. The molecule has 2 amide bonds. The molecule has 0 saturated heterocycles. The Labute approximate surface area is 142 Å². The smallest absolute Gasteiger partial charge is 0.315 e. The molecule has 1 heterocycles. The van der Waals surface area contributed by atoms with Gasteiger partial charge in [-0.05, 0) is 48.6 Å². The van der Waals surface area contributed by atoms with Crippen LogP contribution in [0.4, 0.5) is 4.79 Å². The van der Waals surface area contributed by atoms with Crippen LogP contribution in [-0.4, -0.2) is 24.7 Å². The first-order valence-corrected chi connectivity index (χ1v) is 8.34. The highest BCUT2D eigenvalue weighted by Gasteiger charge is 2.24. The highest BCUT2D eigenvalue weighted by Crippen LogP contribution is 2.38. The van der Waals surface area contributed by atoms with E-state index in [4.69, 9.17) is 4.74 Å². The molecule has 3 rings (SSSR count). The zero-order valence-electron chi connectivity index (χ0n) is 13.9. The number of carbonyl (C=O) groups excluding carboxylic acids is 1. The molecular weight excluding hydrogens is 302 g/mol. The van der Waals surface area contributed by atoms with Crippen molar-refractivity contribution in [2.45, 2.75) is 31.7 Å². The molecule has 1 fully saturated rings. The number of nitrogens with zero attached hydrogens (tertiary/aromatic N) is 1. The van der Waals surface area contributed by atoms with Crippen molar-refractivity contribution in [2.75, 3.05) is 13.7 Å². The molecule has 2 N–H and O–H groups in total. The van der Waals surface area contributed by atoms with E-state index in [1.165, 1.54) is 18.5 Å². The summed E-state index contributed by atoms with van der Waals surface area (Å²) in [5, 5.41) is 5.73. The fourth-order valence-electron chi connectivity index (χ4n) is 2.52. The molecule has 0 unspecified atom stereocenters. The van der Waals surface area contributed by atoms with Crippen LogP contribution < -0.4 is 15.4 Å². The normalized spacial score (nSPS) is 13.4. The van der Waals surface area contributed by atoms with Gasteiger partial charge >= 0.3 is 6.03 Å². The zero-order valence-corrected chi connectivity index (χ0v) is 13.9. The first-order chi connectivity index (χ1) is 11.7. The second-order valence-corrected chi connectivity index (χ2v) is 6.07. The maximum atomic E-state index is 11.8. The lowest BCUT2D eigenvalue weighted by molar-refractivity contribution is 0.240. The highest BCUT2D eigenvalue weighted by atomic mass is 16.5. The van der Waals surface area contributed by atoms with Gasteiger partial charge in [-0.25, -0.2) is 4.79 Å². The van der Waals surface area contributed by atoms with E-state index in [1.807, 2.05) is 36.5 Å². The average molecular weight is 325 g/mol. The minimum absolute atomic E-state index is 0.158. The van der Waals surface area contributed by atoms with Crippen molar-refractivity contribution in [3.05, 3.63) is 59.4 Å². The highest BCUT2D eigenvalue weighted by molar-refractivity contribution is 5.73. The Morgan fingerprint density at radius 2 is 1.88 bits per heavy atom. The number of nitrogens with one attached hydrogen (secondary N) is 2. The summed E-state index contributed by atoms with van der Waals surface area (Å²) in [6, 6.07) is 11.8. The van der Waals surface area contributed by atoms with Crippen molar-refractivity contribution in [1.82, 2.24) is 15.6 Å². The summed E-state index contributed by atoms with van der Waals surface area (Å²) in [6.07, 6.45) is 5.14. The minimum atomic E-state index is -0.158. The van der Waals surface area contributed by atoms with E-state index in [0.717, 1.165) is 23.3 Å². The van der Waals surface area contributed by atoms with Crippen LogP contribution in [0.15, 0.2) is 42.6 Å². The van der Waals surface area contributed by atoms with Crippen LogP contribution in [0.25, 0.3) is 0 Å². The van der Waals surface area contributed by atoms with E-state index in [9.17, 15) is 4.79 Å². The number of aromatic nitrogens is 1. The number of benzene rings is 1. The molecule has 0 aliphatic heterocycles. The van der Waals surface area contributed by atoms with Gasteiger partial charge in [0.2, 0.25) is 0 Å². The Morgan fingerprint density at radius 1 is 1.12 bits per heavy atom. The van der Waals surface area contributed by atoms with Gasteiger partial charge in [-0.15, -0.1) is 0 Å². The lowest BCUT2D eigenvalue weighted by atomic mass is 10.1. The topological polar surface area (TPSA) is 63.2 Å². The molecule has 5 heteroatoms. The molecule has 2 aromatic rings. The predicted molar refractivity (Wildman–Crippen MR) is 93.1 cm³/mol. The van der Waals surface area contributed by atoms with Crippen molar-refractivity contribution in [3.63, 3.8) is 0 Å². The first kappa shape index (κ1) is 16.3. The third kappa shape index (κ3) is 4.72. The summed E-state index contributed by atoms with van der Waals surface area (Å²) in [4.78, 5) is 16.3. The summed E-state index contributed by atoms with van der Waals surface area (Å²) >= 11 is 0. The lowest BCUT2D eigenvalue weighted by Crippen LogP contribution is -2.36. The second kappa shape index (κ2) is 7.81. The number of hydrogen-bond donors (Lipinski definition) is 2. The van der Waals surface area contributed by atoms with Gasteiger partial charge in [0.15, 0.2) is 0 Å². The number of rotatable bonds is 7. The van der Waals surface area contributed by atoms with Crippen molar-refractivity contribution >= 4 is 6.03 Å². The van der Waals surface area contributed by atoms with Gasteiger partial charge < -0.3 is 15.4 Å². The number of hydrogen-bond acceptors (Lipinski definition) is 3. The van der Waals surface area contributed by atoms with Crippen molar-refractivity contribution in [1.29, 1.82) is 0 Å². The molecule has 126 valence electrons. The summed E-state index contributed by atoms with van der Waals surface area (Å²) in [5.41, 5.74) is 3.35. The summed E-state index contributed by atoms with van der Waals surface area (Å²) < 4.78 is 5.12. The van der Waals surface area contributed by atoms with Gasteiger partial charge in [0.1, 0.15) is 5.75 Å². The molecule has 1 aromatic heterocycles. The van der Waals surface area contributed by atoms with Gasteiger partial charge in [0, 0.05) is 30.9 Å². The SMILES string of the molecule is COc1ccc(CCNC(=O)NCc2ccc(C3CC3)nc2)cc1. The van der Waals surface area contributed by atoms with Crippen LogP contribution in [0, 0.1) is 0 Å². The maximum Gasteiger partial charge on any atom is 0.315 e. The van der Waals surface area contributed by atoms with Crippen molar-refractivity contribution < 1.29 is 9.53 Å². The molecule has 1 aromatic carbocycles. The molecule has 5 nitrogen and oxygen atoms in total. The number of amides is 2. The molecule has 1 aliphatic rings. The number of ether oxygens (including phenoxy) is 1. The van der Waals surface area contributed by atoms with Gasteiger partial charge in [0.05, 0.1) is 7.11 Å². The van der Waals surface area contributed by atoms with Gasteiger partial charge in [0.25, 0.3) is 0 Å². The average Bonchev–Trinajstić information content (AvgIpc) is 3.46. The van der Waals surface area contributed by atoms with Crippen LogP contribution in [0.2, 0.25) is 0 Å². The number of methoxy groups -OCH3 is 1. The van der Waals surface area contributed by atoms with Crippen molar-refractivity contribution in [2.24, 2.45) is 0 Å². The molecule has 0 atom stereocenters. The quantitative estimate of drug-likeness (QED) is 0.822. The summed E-state index contributed by atoms with van der Waals surface area (Å²) in [7, 11) is 1.65. The van der Waals surface area contributed by atoms with E-state index in [1.54, 1.807) is 7.11 Å². The second-order valence-electron chi connectivity index (χ2n) is 6.07. The maximum absolute atomic E-state index is 11.8. The molecule has 0 radical (unpaired) electrons. The Bertz CT molecular complexity index is 664. The van der Waals surface area contributed by atoms with Crippen LogP contribution in [-0.2, 0) is 13.0 Å². The van der Waals surface area contributed by atoms with Crippen LogP contribution in [0.1, 0.15) is 35.6 Å². The first-order valence-electron chi connectivity index (χ1n) is 8.34. The Kier molecular flexibility index (Phi) is 5.31. The van der Waals surface area contributed by atoms with E-state index < -0.39 is 0 Å². The van der Waals surface area contributed by atoms with Crippen molar-refractivity contribution in [3.8, 4) is 5.75 Å². The zero-order chi connectivity index (χ0) is 16.8. The van der Waals surface area contributed by atoms with Gasteiger partial charge in [-0.2, -0.15) is 0 Å². The third-order valence-electron chi connectivity index (χ3n) is 4.15. The van der Waals surface area contributed by atoms with Gasteiger partial charge in [-0.1, -0.05) is 18.2 Å². The van der Waals surface area contributed by atoms with Crippen LogP contribution in [0.5, 0.6) is 5.75 Å². The number of carbonyl (C=O) groups is 1. The summed E-state index contributed by atoms with van der Waals surface area (Å²) in [6.45, 7) is 1.09. The van der Waals surface area contributed by atoms with E-state index >= 15 is 0 Å². The van der Waals surface area contributed by atoms with Crippen LogP contribution in [0.3, 0.4) is 0 Å². The predicted octanol–water partition coefficient (Wildman–Crippen LogP) is 3.01. The fourth-order valence-corrected chi connectivity index (χ4v) is 2.52. The third-order valence-corrected chi connectivity index (χ3v) is 4.15. The molecule has 1 saturated carbocycles. The fraction of sp³-hybridized carbons (Fsp3) is 0.368. The number of urea groups is 1. The van der Waals surface area contributed by atoms with E-state index in [-0.39, 0.29) is 6.03 Å². The van der Waals surface area contributed by atoms with E-state index in [0.29, 0.717) is 19.0 Å². The van der Waals surface area contributed by atoms with E-state index in [2.05, 4.69) is 21.7 Å².